The summed E-state index contributed by atoms with van der Waals surface area (Å²) in [5.74, 6) is 0.836. The predicted octanol–water partition coefficient (Wildman–Crippen LogP) is 3.64. The summed E-state index contributed by atoms with van der Waals surface area (Å²) in [6, 6.07) is 20.9. The van der Waals surface area contributed by atoms with Crippen LogP contribution in [-0.4, -0.2) is 23.9 Å². The summed E-state index contributed by atoms with van der Waals surface area (Å²) in [4.78, 5) is 14.1. The van der Waals surface area contributed by atoms with Crippen molar-refractivity contribution in [1.82, 2.24) is 4.90 Å². The lowest BCUT2D eigenvalue weighted by Crippen LogP contribution is -2.48. The van der Waals surface area contributed by atoms with Crippen molar-refractivity contribution >= 4 is 5.91 Å². The van der Waals surface area contributed by atoms with Crippen LogP contribution in [0.3, 0.4) is 0 Å². The van der Waals surface area contributed by atoms with E-state index in [-0.39, 0.29) is 0 Å². The molecule has 0 aliphatic carbocycles. The summed E-state index contributed by atoms with van der Waals surface area (Å²) in [6.07, 6.45) is 2.59. The molecule has 1 heterocycles. The Labute approximate surface area is 126 Å². The van der Waals surface area contributed by atoms with Gasteiger partial charge in [-0.3, -0.25) is 4.79 Å². The quantitative estimate of drug-likeness (QED) is 0.818. The van der Waals surface area contributed by atoms with Crippen molar-refractivity contribution in [2.75, 3.05) is 13.1 Å². The number of hydrogen-bond acceptors (Lipinski definition) is 1. The Morgan fingerprint density at radius 1 is 0.952 bits per heavy atom. The largest absolute Gasteiger partial charge is 0.341 e. The van der Waals surface area contributed by atoms with Gasteiger partial charge in [0.1, 0.15) is 0 Å². The van der Waals surface area contributed by atoms with Gasteiger partial charge < -0.3 is 4.90 Å². The standard InChI is InChI=1S/C19H21NO/c21-19(13-7-10-16-8-3-1-4-9-16)20-14-18(15-20)17-11-5-2-6-12-17/h1-6,8-9,11-12,18H,7,10,13-15H2. The summed E-state index contributed by atoms with van der Waals surface area (Å²) >= 11 is 0. The van der Waals surface area contributed by atoms with E-state index in [1.54, 1.807) is 0 Å². The lowest BCUT2D eigenvalue weighted by molar-refractivity contribution is -0.135. The van der Waals surface area contributed by atoms with E-state index in [0.717, 1.165) is 25.9 Å². The Morgan fingerprint density at radius 3 is 2.24 bits per heavy atom. The molecule has 0 saturated carbocycles. The Hall–Kier alpha value is -2.09. The molecule has 108 valence electrons. The van der Waals surface area contributed by atoms with Gasteiger partial charge in [-0.25, -0.2) is 0 Å². The fourth-order valence-corrected chi connectivity index (χ4v) is 2.86. The van der Waals surface area contributed by atoms with E-state index in [1.165, 1.54) is 11.1 Å². The fourth-order valence-electron chi connectivity index (χ4n) is 2.86. The van der Waals surface area contributed by atoms with Crippen molar-refractivity contribution in [2.24, 2.45) is 0 Å². The second kappa shape index (κ2) is 6.57. The molecule has 0 unspecified atom stereocenters. The third-order valence-electron chi connectivity index (χ3n) is 4.20. The first-order chi connectivity index (χ1) is 10.3. The highest BCUT2D eigenvalue weighted by Crippen LogP contribution is 2.27. The topological polar surface area (TPSA) is 20.3 Å². The van der Waals surface area contributed by atoms with E-state index in [4.69, 9.17) is 0 Å². The van der Waals surface area contributed by atoms with E-state index >= 15 is 0 Å². The zero-order valence-electron chi connectivity index (χ0n) is 12.2. The van der Waals surface area contributed by atoms with Gasteiger partial charge in [0.15, 0.2) is 0 Å². The van der Waals surface area contributed by atoms with Crippen molar-refractivity contribution < 1.29 is 4.79 Å². The predicted molar refractivity (Wildman–Crippen MR) is 85.1 cm³/mol. The maximum Gasteiger partial charge on any atom is 0.222 e. The van der Waals surface area contributed by atoms with E-state index in [0.29, 0.717) is 18.2 Å². The van der Waals surface area contributed by atoms with Gasteiger partial charge in [-0.2, -0.15) is 0 Å². The van der Waals surface area contributed by atoms with Gasteiger partial charge >= 0.3 is 0 Å². The first-order valence-electron chi connectivity index (χ1n) is 7.69. The van der Waals surface area contributed by atoms with Crippen LogP contribution in [0.25, 0.3) is 0 Å². The van der Waals surface area contributed by atoms with Crippen molar-refractivity contribution in [1.29, 1.82) is 0 Å². The molecule has 2 nitrogen and oxygen atoms in total. The maximum atomic E-state index is 12.1. The highest BCUT2D eigenvalue weighted by molar-refractivity contribution is 5.77. The number of hydrogen-bond donors (Lipinski definition) is 0. The summed E-state index contributed by atoms with van der Waals surface area (Å²) in [5.41, 5.74) is 2.67. The molecular formula is C19H21NO. The number of amides is 1. The molecule has 0 bridgehead atoms. The van der Waals surface area contributed by atoms with Crippen LogP contribution in [0, 0.1) is 0 Å². The van der Waals surface area contributed by atoms with Gasteiger partial charge in [-0.1, -0.05) is 60.7 Å². The van der Waals surface area contributed by atoms with Crippen LogP contribution in [0.15, 0.2) is 60.7 Å². The van der Waals surface area contributed by atoms with Gasteiger partial charge in [-0.05, 0) is 24.0 Å². The number of nitrogens with zero attached hydrogens (tertiary/aromatic N) is 1. The van der Waals surface area contributed by atoms with Crippen LogP contribution < -0.4 is 0 Å². The van der Waals surface area contributed by atoms with Crippen LogP contribution in [0.4, 0.5) is 0 Å². The van der Waals surface area contributed by atoms with Gasteiger partial charge in [0.2, 0.25) is 5.91 Å². The molecule has 21 heavy (non-hydrogen) atoms. The number of aryl methyl sites for hydroxylation is 1. The first-order valence-corrected chi connectivity index (χ1v) is 7.69. The van der Waals surface area contributed by atoms with Crippen LogP contribution in [0.1, 0.15) is 29.9 Å². The van der Waals surface area contributed by atoms with E-state index in [1.807, 2.05) is 17.0 Å². The van der Waals surface area contributed by atoms with Crippen molar-refractivity contribution in [2.45, 2.75) is 25.2 Å². The summed E-state index contributed by atoms with van der Waals surface area (Å²) in [5, 5.41) is 0. The molecular weight excluding hydrogens is 258 g/mol. The van der Waals surface area contributed by atoms with Crippen molar-refractivity contribution in [3.8, 4) is 0 Å². The number of carbonyl (C=O) groups is 1. The average molecular weight is 279 g/mol. The smallest absolute Gasteiger partial charge is 0.222 e. The van der Waals surface area contributed by atoms with E-state index in [9.17, 15) is 4.79 Å². The molecule has 2 aromatic rings. The normalized spacial score (nSPS) is 14.8. The molecule has 1 fully saturated rings. The summed E-state index contributed by atoms with van der Waals surface area (Å²) in [7, 11) is 0. The molecule has 0 radical (unpaired) electrons. The fraction of sp³-hybridized carbons (Fsp3) is 0.316. The summed E-state index contributed by atoms with van der Waals surface area (Å²) < 4.78 is 0. The molecule has 0 aromatic heterocycles. The Balaban J connectivity index is 1.40. The molecule has 2 aromatic carbocycles. The van der Waals surface area contributed by atoms with E-state index < -0.39 is 0 Å². The molecule has 0 N–H and O–H groups in total. The Bertz CT molecular complexity index is 573. The van der Waals surface area contributed by atoms with Crippen LogP contribution in [0.2, 0.25) is 0 Å². The SMILES string of the molecule is O=C(CCCc1ccccc1)N1CC(c2ccccc2)C1. The molecule has 0 spiro atoms. The second-order valence-electron chi connectivity index (χ2n) is 5.75. The molecule has 0 atom stereocenters. The third kappa shape index (κ3) is 3.52. The minimum Gasteiger partial charge on any atom is -0.341 e. The van der Waals surface area contributed by atoms with Gasteiger partial charge in [0.05, 0.1) is 0 Å². The minimum atomic E-state index is 0.304. The average Bonchev–Trinajstić information content (AvgIpc) is 2.48. The molecule has 1 aliphatic heterocycles. The number of rotatable bonds is 5. The zero-order chi connectivity index (χ0) is 14.5. The van der Waals surface area contributed by atoms with E-state index in [2.05, 4.69) is 48.5 Å². The lowest BCUT2D eigenvalue weighted by atomic mass is 9.91. The van der Waals surface area contributed by atoms with Gasteiger partial charge in [0.25, 0.3) is 0 Å². The molecule has 3 rings (SSSR count). The number of benzene rings is 2. The highest BCUT2D eigenvalue weighted by atomic mass is 16.2. The van der Waals surface area contributed by atoms with Crippen molar-refractivity contribution in [3.63, 3.8) is 0 Å². The van der Waals surface area contributed by atoms with Gasteiger partial charge in [0, 0.05) is 25.4 Å². The zero-order valence-corrected chi connectivity index (χ0v) is 12.2. The van der Waals surface area contributed by atoms with Crippen LogP contribution >= 0.6 is 0 Å². The highest BCUT2D eigenvalue weighted by Gasteiger charge is 2.30. The van der Waals surface area contributed by atoms with Crippen LogP contribution in [0.5, 0.6) is 0 Å². The molecule has 2 heteroatoms. The first kappa shape index (κ1) is 13.9. The lowest BCUT2D eigenvalue weighted by Gasteiger charge is -2.39. The minimum absolute atomic E-state index is 0.304. The van der Waals surface area contributed by atoms with Gasteiger partial charge in [-0.15, -0.1) is 0 Å². The second-order valence-corrected chi connectivity index (χ2v) is 5.75. The molecule has 1 aliphatic rings. The Morgan fingerprint density at radius 2 is 1.57 bits per heavy atom. The monoisotopic (exact) mass is 279 g/mol. The Kier molecular flexibility index (Phi) is 4.34. The van der Waals surface area contributed by atoms with Crippen LogP contribution in [-0.2, 0) is 11.2 Å². The molecule has 1 saturated heterocycles. The maximum absolute atomic E-state index is 12.1. The number of carbonyl (C=O) groups excluding carboxylic acids is 1. The van der Waals surface area contributed by atoms with Crippen molar-refractivity contribution in [3.05, 3.63) is 71.8 Å². The third-order valence-corrected chi connectivity index (χ3v) is 4.20. The number of likely N-dealkylation sites (tertiary alicyclic amines) is 1. The summed E-state index contributed by atoms with van der Waals surface area (Å²) in [6.45, 7) is 1.77. The molecule has 1 amide bonds.